The molecule has 3 rings (SSSR count). The lowest BCUT2D eigenvalue weighted by molar-refractivity contribution is 0.0944. The van der Waals surface area contributed by atoms with Crippen LogP contribution >= 0.6 is 0 Å². The van der Waals surface area contributed by atoms with Crippen molar-refractivity contribution in [2.45, 2.75) is 6.54 Å². The van der Waals surface area contributed by atoms with Gasteiger partial charge in [0.25, 0.3) is 11.5 Å². The number of rotatable bonds is 5. The van der Waals surface area contributed by atoms with Crippen molar-refractivity contribution in [1.82, 2.24) is 15.1 Å². The van der Waals surface area contributed by atoms with Crippen LogP contribution in [0.15, 0.2) is 71.5 Å². The first kappa shape index (κ1) is 16.4. The minimum atomic E-state index is -0.354. The minimum absolute atomic E-state index is 0.173. The van der Waals surface area contributed by atoms with Gasteiger partial charge in [-0.15, -0.1) is 0 Å². The van der Waals surface area contributed by atoms with Gasteiger partial charge in [-0.3, -0.25) is 9.59 Å². The summed E-state index contributed by atoms with van der Waals surface area (Å²) in [4.78, 5) is 24.3. The molecule has 1 heterocycles. The van der Waals surface area contributed by atoms with Crippen LogP contribution in [0.3, 0.4) is 0 Å². The van der Waals surface area contributed by atoms with E-state index in [2.05, 4.69) is 10.4 Å². The average molecular weight is 335 g/mol. The largest absolute Gasteiger partial charge is 0.497 e. The van der Waals surface area contributed by atoms with E-state index in [-0.39, 0.29) is 17.2 Å². The second kappa shape index (κ2) is 7.44. The number of amides is 1. The third kappa shape index (κ3) is 3.92. The van der Waals surface area contributed by atoms with Gasteiger partial charge < -0.3 is 10.1 Å². The van der Waals surface area contributed by atoms with Crippen molar-refractivity contribution >= 4 is 5.91 Å². The van der Waals surface area contributed by atoms with Crippen LogP contribution in [-0.2, 0) is 6.54 Å². The Bertz CT molecular complexity index is 936. The van der Waals surface area contributed by atoms with Crippen LogP contribution in [0.5, 0.6) is 5.75 Å². The van der Waals surface area contributed by atoms with E-state index >= 15 is 0 Å². The van der Waals surface area contributed by atoms with Gasteiger partial charge in [-0.1, -0.05) is 30.3 Å². The Hall–Kier alpha value is -3.41. The number of nitrogens with zero attached hydrogens (tertiary/aromatic N) is 2. The van der Waals surface area contributed by atoms with Gasteiger partial charge in [0.15, 0.2) is 0 Å². The number of hydrogen-bond donors (Lipinski definition) is 1. The summed E-state index contributed by atoms with van der Waals surface area (Å²) in [6.07, 6.45) is 0. The van der Waals surface area contributed by atoms with Crippen LogP contribution in [-0.4, -0.2) is 22.8 Å². The van der Waals surface area contributed by atoms with Crippen LogP contribution in [0.2, 0.25) is 0 Å². The van der Waals surface area contributed by atoms with Crippen molar-refractivity contribution in [3.05, 3.63) is 88.3 Å². The fraction of sp³-hybridized carbons (Fsp3) is 0.105. The second-order valence-corrected chi connectivity index (χ2v) is 5.34. The summed E-state index contributed by atoms with van der Waals surface area (Å²) in [7, 11) is 1.59. The number of hydrogen-bond acceptors (Lipinski definition) is 4. The Balaban J connectivity index is 1.77. The third-order valence-electron chi connectivity index (χ3n) is 3.62. The van der Waals surface area contributed by atoms with Gasteiger partial charge >= 0.3 is 0 Å². The maximum atomic E-state index is 12.3. The highest BCUT2D eigenvalue weighted by molar-refractivity contribution is 5.92. The van der Waals surface area contributed by atoms with Gasteiger partial charge in [-0.25, -0.2) is 0 Å². The number of methoxy groups -OCH3 is 1. The van der Waals surface area contributed by atoms with E-state index < -0.39 is 0 Å². The number of benzene rings is 2. The van der Waals surface area contributed by atoms with Crippen LogP contribution in [0, 0.1) is 0 Å². The van der Waals surface area contributed by atoms with Gasteiger partial charge in [0.1, 0.15) is 11.4 Å². The molecule has 1 amide bonds. The molecule has 0 radical (unpaired) electrons. The molecule has 1 N–H and O–H groups in total. The maximum absolute atomic E-state index is 12.3. The normalized spacial score (nSPS) is 10.3. The molecule has 0 saturated carbocycles. The molecule has 0 saturated heterocycles. The van der Waals surface area contributed by atoms with E-state index in [0.29, 0.717) is 12.2 Å². The lowest BCUT2D eigenvalue weighted by Crippen LogP contribution is -2.28. The first-order valence-corrected chi connectivity index (χ1v) is 7.74. The molecule has 0 bridgehead atoms. The Kier molecular flexibility index (Phi) is 4.89. The molecule has 126 valence electrons. The van der Waals surface area contributed by atoms with Crippen molar-refractivity contribution in [2.75, 3.05) is 7.11 Å². The van der Waals surface area contributed by atoms with Crippen molar-refractivity contribution in [3.8, 4) is 11.4 Å². The summed E-state index contributed by atoms with van der Waals surface area (Å²) >= 11 is 0. The van der Waals surface area contributed by atoms with Gasteiger partial charge in [0.2, 0.25) is 0 Å². The molecular formula is C19H17N3O3. The Labute approximate surface area is 144 Å². The number of para-hydroxylation sites is 1. The molecule has 6 heteroatoms. The standard InChI is InChI=1S/C19H17N3O3/c1-25-16-9-5-6-14(12-16)13-20-19(24)17-10-11-18(23)22(21-17)15-7-3-2-4-8-15/h2-12H,13H2,1H3,(H,20,24). The number of carbonyl (C=O) groups is 1. The summed E-state index contributed by atoms with van der Waals surface area (Å²) in [6, 6.07) is 19.1. The summed E-state index contributed by atoms with van der Waals surface area (Å²) in [5, 5.41) is 6.95. The highest BCUT2D eigenvalue weighted by atomic mass is 16.5. The molecular weight excluding hydrogens is 318 g/mol. The van der Waals surface area contributed by atoms with Gasteiger partial charge in [-0.2, -0.15) is 9.78 Å². The molecule has 2 aromatic carbocycles. The number of carbonyl (C=O) groups excluding carboxylic acids is 1. The highest BCUT2D eigenvalue weighted by Gasteiger charge is 2.10. The van der Waals surface area contributed by atoms with Crippen LogP contribution in [0.25, 0.3) is 5.69 Å². The molecule has 0 aliphatic rings. The zero-order chi connectivity index (χ0) is 17.6. The Morgan fingerprint density at radius 2 is 1.88 bits per heavy atom. The quantitative estimate of drug-likeness (QED) is 0.775. The van der Waals surface area contributed by atoms with Crippen LogP contribution in [0.1, 0.15) is 16.1 Å². The van der Waals surface area contributed by atoms with Gasteiger partial charge in [0, 0.05) is 12.6 Å². The average Bonchev–Trinajstić information content (AvgIpc) is 2.67. The zero-order valence-corrected chi connectivity index (χ0v) is 13.7. The van der Waals surface area contributed by atoms with Crippen LogP contribution in [0.4, 0.5) is 0 Å². The summed E-state index contributed by atoms with van der Waals surface area (Å²) < 4.78 is 6.37. The van der Waals surface area contributed by atoms with E-state index in [9.17, 15) is 9.59 Å². The van der Waals surface area contributed by atoms with Crippen molar-refractivity contribution in [2.24, 2.45) is 0 Å². The lowest BCUT2D eigenvalue weighted by Gasteiger charge is -2.08. The van der Waals surface area contributed by atoms with Crippen molar-refractivity contribution < 1.29 is 9.53 Å². The van der Waals surface area contributed by atoms with E-state index in [4.69, 9.17) is 4.74 Å². The predicted octanol–water partition coefficient (Wildman–Crippen LogP) is 2.17. The van der Waals surface area contributed by atoms with E-state index in [1.54, 1.807) is 31.4 Å². The highest BCUT2D eigenvalue weighted by Crippen LogP contribution is 2.12. The minimum Gasteiger partial charge on any atom is -0.497 e. The molecule has 1 aromatic heterocycles. The van der Waals surface area contributed by atoms with Gasteiger partial charge in [0.05, 0.1) is 12.8 Å². The summed E-state index contributed by atoms with van der Waals surface area (Å²) in [6.45, 7) is 0.335. The number of aromatic nitrogens is 2. The van der Waals surface area contributed by atoms with Crippen LogP contribution < -0.4 is 15.6 Å². The molecule has 6 nitrogen and oxygen atoms in total. The lowest BCUT2D eigenvalue weighted by atomic mass is 10.2. The van der Waals surface area contributed by atoms with Crippen molar-refractivity contribution in [1.29, 1.82) is 0 Å². The molecule has 0 fully saturated rings. The van der Waals surface area contributed by atoms with E-state index in [1.165, 1.54) is 16.8 Å². The molecule has 25 heavy (non-hydrogen) atoms. The predicted molar refractivity (Wildman–Crippen MR) is 94.0 cm³/mol. The molecule has 0 aliphatic carbocycles. The SMILES string of the molecule is COc1cccc(CNC(=O)c2ccc(=O)n(-c3ccccc3)n2)c1. The van der Waals surface area contributed by atoms with Gasteiger partial charge in [-0.05, 0) is 35.9 Å². The summed E-state index contributed by atoms with van der Waals surface area (Å²) in [5.74, 6) is 0.370. The fourth-order valence-electron chi connectivity index (χ4n) is 2.34. The molecule has 0 atom stereocenters. The number of nitrogens with one attached hydrogen (secondary N) is 1. The molecule has 0 unspecified atom stereocenters. The summed E-state index contributed by atoms with van der Waals surface area (Å²) in [5.41, 5.74) is 1.39. The molecule has 0 spiro atoms. The van der Waals surface area contributed by atoms with E-state index in [0.717, 1.165) is 11.3 Å². The molecule has 0 aliphatic heterocycles. The zero-order valence-electron chi connectivity index (χ0n) is 13.7. The third-order valence-corrected chi connectivity index (χ3v) is 3.62. The van der Waals surface area contributed by atoms with E-state index in [1.807, 2.05) is 30.3 Å². The first-order valence-electron chi connectivity index (χ1n) is 7.74. The topological polar surface area (TPSA) is 73.2 Å². The first-order chi connectivity index (χ1) is 12.2. The Morgan fingerprint density at radius 3 is 2.64 bits per heavy atom. The molecule has 3 aromatic rings. The fourth-order valence-corrected chi connectivity index (χ4v) is 2.34. The van der Waals surface area contributed by atoms with Crippen molar-refractivity contribution in [3.63, 3.8) is 0 Å². The second-order valence-electron chi connectivity index (χ2n) is 5.34. The number of ether oxygens (including phenoxy) is 1. The monoisotopic (exact) mass is 335 g/mol. The Morgan fingerprint density at radius 1 is 1.08 bits per heavy atom. The maximum Gasteiger partial charge on any atom is 0.272 e. The smallest absolute Gasteiger partial charge is 0.272 e.